The molecule has 2 fully saturated rings. The van der Waals surface area contributed by atoms with Crippen LogP contribution in [0, 0.1) is 0 Å². The average molecular weight is 432 g/mol. The van der Waals surface area contributed by atoms with E-state index in [-0.39, 0.29) is 11.9 Å². The van der Waals surface area contributed by atoms with Gasteiger partial charge in [-0.3, -0.25) is 14.7 Å². The number of likely N-dealkylation sites (tertiary alicyclic amines) is 2. The predicted molar refractivity (Wildman–Crippen MR) is 112 cm³/mol. The zero-order chi connectivity index (χ0) is 22.0. The van der Waals surface area contributed by atoms with E-state index in [1.54, 1.807) is 6.92 Å². The van der Waals surface area contributed by atoms with E-state index in [1.807, 2.05) is 17.0 Å². The third-order valence-corrected chi connectivity index (χ3v) is 6.51. The Labute approximate surface area is 181 Å². The average Bonchev–Trinajstić information content (AvgIpc) is 3.24. The molecule has 2 aromatic rings. The molecular weight excluding hydrogens is 403 g/mol. The lowest BCUT2D eigenvalue weighted by molar-refractivity contribution is -0.137. The predicted octanol–water partition coefficient (Wildman–Crippen LogP) is 4.84. The number of amides is 1. The summed E-state index contributed by atoms with van der Waals surface area (Å²) in [4.78, 5) is 21.0. The van der Waals surface area contributed by atoms with Crippen molar-refractivity contribution in [1.29, 1.82) is 0 Å². The standard InChI is InChI=1S/C24H28F3N3O/c1-17(31)29-14-11-21(12-15-29)30-13-3-6-23(30)22-5-2-4-20(28-22)16-18-7-9-19(10-8-18)24(25,26)27/h2,4-5,7-10,21,23H,3,6,11-16H2,1H3. The van der Waals surface area contributed by atoms with E-state index in [1.165, 1.54) is 12.1 Å². The molecule has 2 aliphatic heterocycles. The van der Waals surface area contributed by atoms with Crippen LogP contribution in [0.2, 0.25) is 0 Å². The fourth-order valence-electron chi connectivity index (χ4n) is 4.86. The van der Waals surface area contributed by atoms with Crippen molar-refractivity contribution in [3.8, 4) is 0 Å². The van der Waals surface area contributed by atoms with Gasteiger partial charge < -0.3 is 4.90 Å². The lowest BCUT2D eigenvalue weighted by Crippen LogP contribution is -2.46. The van der Waals surface area contributed by atoms with E-state index in [2.05, 4.69) is 11.0 Å². The zero-order valence-electron chi connectivity index (χ0n) is 17.7. The molecule has 31 heavy (non-hydrogen) atoms. The molecule has 4 nitrogen and oxygen atoms in total. The van der Waals surface area contributed by atoms with Gasteiger partial charge in [0.15, 0.2) is 0 Å². The van der Waals surface area contributed by atoms with Crippen LogP contribution in [0.5, 0.6) is 0 Å². The van der Waals surface area contributed by atoms with E-state index in [4.69, 9.17) is 4.98 Å². The normalized spacial score (nSPS) is 20.9. The Morgan fingerprint density at radius 1 is 1.03 bits per heavy atom. The van der Waals surface area contributed by atoms with Crippen molar-refractivity contribution in [2.45, 2.75) is 57.3 Å². The molecule has 166 valence electrons. The van der Waals surface area contributed by atoms with Crippen molar-refractivity contribution in [2.75, 3.05) is 19.6 Å². The highest BCUT2D eigenvalue weighted by molar-refractivity contribution is 5.73. The first kappa shape index (κ1) is 21.8. The Balaban J connectivity index is 1.44. The van der Waals surface area contributed by atoms with Gasteiger partial charge in [0.05, 0.1) is 17.3 Å². The zero-order valence-corrected chi connectivity index (χ0v) is 17.7. The molecule has 0 N–H and O–H groups in total. The van der Waals surface area contributed by atoms with Gasteiger partial charge in [-0.15, -0.1) is 0 Å². The molecule has 0 spiro atoms. The summed E-state index contributed by atoms with van der Waals surface area (Å²) in [6.45, 7) is 4.29. The van der Waals surface area contributed by atoms with Crippen molar-refractivity contribution < 1.29 is 18.0 Å². The summed E-state index contributed by atoms with van der Waals surface area (Å²) in [5.74, 6) is 0.147. The summed E-state index contributed by atoms with van der Waals surface area (Å²) in [7, 11) is 0. The monoisotopic (exact) mass is 431 g/mol. The first-order chi connectivity index (χ1) is 14.8. The molecule has 0 aliphatic carbocycles. The van der Waals surface area contributed by atoms with Crippen molar-refractivity contribution in [2.24, 2.45) is 0 Å². The lowest BCUT2D eigenvalue weighted by Gasteiger charge is -2.39. The molecule has 1 aromatic heterocycles. The number of pyridine rings is 1. The summed E-state index contributed by atoms with van der Waals surface area (Å²) in [5.41, 5.74) is 2.10. The van der Waals surface area contributed by atoms with Crippen molar-refractivity contribution >= 4 is 5.91 Å². The number of aromatic nitrogens is 1. The van der Waals surface area contributed by atoms with Crippen molar-refractivity contribution in [3.05, 3.63) is 65.0 Å². The summed E-state index contributed by atoms with van der Waals surface area (Å²) in [5, 5.41) is 0. The topological polar surface area (TPSA) is 36.4 Å². The highest BCUT2D eigenvalue weighted by Crippen LogP contribution is 2.35. The van der Waals surface area contributed by atoms with Crippen molar-refractivity contribution in [1.82, 2.24) is 14.8 Å². The van der Waals surface area contributed by atoms with E-state index in [9.17, 15) is 18.0 Å². The Hall–Kier alpha value is -2.41. The second-order valence-corrected chi connectivity index (χ2v) is 8.56. The van der Waals surface area contributed by atoms with Gasteiger partial charge in [0.1, 0.15) is 0 Å². The van der Waals surface area contributed by atoms with E-state index >= 15 is 0 Å². The number of halogens is 3. The molecule has 2 saturated heterocycles. The van der Waals surface area contributed by atoms with Gasteiger partial charge in [0, 0.05) is 38.2 Å². The Kier molecular flexibility index (Phi) is 6.32. The summed E-state index contributed by atoms with van der Waals surface area (Å²) >= 11 is 0. The number of alkyl halides is 3. The number of nitrogens with zero attached hydrogens (tertiary/aromatic N) is 3. The number of hydrogen-bond acceptors (Lipinski definition) is 3. The largest absolute Gasteiger partial charge is 0.416 e. The summed E-state index contributed by atoms with van der Waals surface area (Å²) in [6.07, 6.45) is 0.355. The fraction of sp³-hybridized carbons (Fsp3) is 0.500. The molecule has 0 radical (unpaired) electrons. The third-order valence-electron chi connectivity index (χ3n) is 6.51. The fourth-order valence-corrected chi connectivity index (χ4v) is 4.86. The van der Waals surface area contributed by atoms with Gasteiger partial charge in [0.2, 0.25) is 5.91 Å². The van der Waals surface area contributed by atoms with Gasteiger partial charge in [-0.1, -0.05) is 18.2 Å². The van der Waals surface area contributed by atoms with Crippen LogP contribution in [-0.2, 0) is 17.4 Å². The number of carbonyl (C=O) groups excluding carboxylic acids is 1. The second-order valence-electron chi connectivity index (χ2n) is 8.56. The van der Waals surface area contributed by atoms with Gasteiger partial charge in [-0.2, -0.15) is 13.2 Å². The minimum atomic E-state index is -4.32. The Morgan fingerprint density at radius 2 is 1.74 bits per heavy atom. The first-order valence-electron chi connectivity index (χ1n) is 10.9. The van der Waals surface area contributed by atoms with E-state index in [0.29, 0.717) is 12.5 Å². The smallest absolute Gasteiger partial charge is 0.343 e. The molecule has 0 saturated carbocycles. The van der Waals surface area contributed by atoms with Crippen LogP contribution in [0.15, 0.2) is 42.5 Å². The van der Waals surface area contributed by atoms with Crippen LogP contribution in [0.3, 0.4) is 0 Å². The molecule has 2 aliphatic rings. The van der Waals surface area contributed by atoms with Crippen LogP contribution in [0.1, 0.15) is 61.2 Å². The number of hydrogen-bond donors (Lipinski definition) is 0. The van der Waals surface area contributed by atoms with Crippen LogP contribution in [0.25, 0.3) is 0 Å². The Morgan fingerprint density at radius 3 is 2.39 bits per heavy atom. The number of benzene rings is 1. The molecule has 3 heterocycles. The molecule has 1 unspecified atom stereocenters. The minimum Gasteiger partial charge on any atom is -0.343 e. The van der Waals surface area contributed by atoms with Gasteiger partial charge in [-0.25, -0.2) is 0 Å². The van der Waals surface area contributed by atoms with Crippen LogP contribution >= 0.6 is 0 Å². The maximum Gasteiger partial charge on any atom is 0.416 e. The van der Waals surface area contributed by atoms with Gasteiger partial charge in [-0.05, 0) is 62.1 Å². The first-order valence-corrected chi connectivity index (χ1v) is 10.9. The lowest BCUT2D eigenvalue weighted by atomic mass is 10.0. The maximum atomic E-state index is 12.8. The van der Waals surface area contributed by atoms with E-state index in [0.717, 1.165) is 74.4 Å². The van der Waals surface area contributed by atoms with Crippen molar-refractivity contribution in [3.63, 3.8) is 0 Å². The van der Waals surface area contributed by atoms with Crippen LogP contribution < -0.4 is 0 Å². The van der Waals surface area contributed by atoms with Gasteiger partial charge in [0.25, 0.3) is 0 Å². The Bertz CT molecular complexity index is 905. The number of carbonyl (C=O) groups is 1. The summed E-state index contributed by atoms with van der Waals surface area (Å²) in [6, 6.07) is 12.0. The minimum absolute atomic E-state index is 0.147. The maximum absolute atomic E-state index is 12.8. The molecule has 1 atom stereocenters. The SMILES string of the molecule is CC(=O)N1CCC(N2CCCC2c2cccc(Cc3ccc(C(F)(F)F)cc3)n2)CC1. The number of rotatable bonds is 4. The van der Waals surface area contributed by atoms with Gasteiger partial charge >= 0.3 is 6.18 Å². The summed E-state index contributed by atoms with van der Waals surface area (Å²) < 4.78 is 38.4. The van der Waals surface area contributed by atoms with Crippen LogP contribution in [0.4, 0.5) is 13.2 Å². The van der Waals surface area contributed by atoms with Crippen LogP contribution in [-0.4, -0.2) is 46.4 Å². The third kappa shape index (κ3) is 5.09. The molecule has 1 aromatic carbocycles. The quantitative estimate of drug-likeness (QED) is 0.695. The second kappa shape index (κ2) is 8.99. The highest BCUT2D eigenvalue weighted by atomic mass is 19.4. The highest BCUT2D eigenvalue weighted by Gasteiger charge is 2.35. The molecule has 0 bridgehead atoms. The molecule has 1 amide bonds. The molecule has 4 rings (SSSR count). The van der Waals surface area contributed by atoms with E-state index < -0.39 is 11.7 Å². The molecular formula is C24H28F3N3O. The molecule has 7 heteroatoms. The number of piperidine rings is 1.